The number of halogens is 2. The van der Waals surface area contributed by atoms with E-state index in [9.17, 15) is 14.0 Å². The molecule has 0 saturated heterocycles. The summed E-state index contributed by atoms with van der Waals surface area (Å²) in [6.07, 6.45) is -0.854. The zero-order valence-electron chi connectivity index (χ0n) is 15.1. The van der Waals surface area contributed by atoms with E-state index in [1.165, 1.54) is 18.2 Å². The minimum atomic E-state index is -0.854. The number of benzene rings is 2. The third-order valence-corrected chi connectivity index (χ3v) is 3.80. The van der Waals surface area contributed by atoms with Crippen molar-refractivity contribution in [2.24, 2.45) is 0 Å². The molecule has 0 unspecified atom stereocenters. The summed E-state index contributed by atoms with van der Waals surface area (Å²) >= 11 is 5.97. The predicted molar refractivity (Wildman–Crippen MR) is 99.2 cm³/mol. The van der Waals surface area contributed by atoms with Gasteiger partial charge in [-0.1, -0.05) is 17.7 Å². The normalized spacial score (nSPS) is 11.4. The molecule has 0 aliphatic carbocycles. The second kappa shape index (κ2) is 9.23. The number of aryl methyl sites for hydroxylation is 2. The van der Waals surface area contributed by atoms with E-state index >= 15 is 0 Å². The lowest BCUT2D eigenvalue weighted by Gasteiger charge is -2.18. The van der Waals surface area contributed by atoms with Crippen LogP contribution in [0.15, 0.2) is 36.4 Å². The van der Waals surface area contributed by atoms with E-state index in [1.807, 2.05) is 13.8 Å². The Morgan fingerprint density at radius 3 is 2.44 bits per heavy atom. The molecule has 2 aromatic carbocycles. The van der Waals surface area contributed by atoms with Crippen LogP contribution < -0.4 is 20.3 Å². The number of carbonyl (C=O) groups is 2. The maximum absolute atomic E-state index is 13.0. The van der Waals surface area contributed by atoms with Gasteiger partial charge >= 0.3 is 0 Å². The Balaban J connectivity index is 1.81. The molecule has 144 valence electrons. The van der Waals surface area contributed by atoms with Crippen LogP contribution in [-0.4, -0.2) is 24.5 Å². The van der Waals surface area contributed by atoms with Gasteiger partial charge < -0.3 is 9.47 Å². The molecule has 6 nitrogen and oxygen atoms in total. The number of hydrogen-bond acceptors (Lipinski definition) is 4. The van der Waals surface area contributed by atoms with Crippen LogP contribution in [0.2, 0.25) is 5.02 Å². The maximum atomic E-state index is 13.0. The molecule has 2 N–H and O–H groups in total. The third-order valence-electron chi connectivity index (χ3n) is 3.58. The topological polar surface area (TPSA) is 76.7 Å². The predicted octanol–water partition coefficient (Wildman–Crippen LogP) is 3.09. The lowest BCUT2D eigenvalue weighted by Crippen LogP contribution is -2.48. The van der Waals surface area contributed by atoms with Crippen molar-refractivity contribution >= 4 is 23.4 Å². The number of rotatable bonds is 6. The first-order chi connectivity index (χ1) is 12.8. The molecule has 1 atom stereocenters. The van der Waals surface area contributed by atoms with Crippen LogP contribution in [0.1, 0.15) is 18.1 Å². The third kappa shape index (κ3) is 6.14. The molecular formula is C19H20ClFN2O4. The molecule has 27 heavy (non-hydrogen) atoms. The van der Waals surface area contributed by atoms with Crippen molar-refractivity contribution in [3.05, 3.63) is 58.4 Å². The Morgan fingerprint density at radius 2 is 1.81 bits per heavy atom. The first-order valence-corrected chi connectivity index (χ1v) is 8.54. The van der Waals surface area contributed by atoms with E-state index in [1.54, 1.807) is 19.1 Å². The van der Waals surface area contributed by atoms with Crippen molar-refractivity contribution in [1.29, 1.82) is 0 Å². The van der Waals surface area contributed by atoms with Crippen molar-refractivity contribution in [1.82, 2.24) is 10.9 Å². The number of nitrogens with one attached hydrogen (secondary N) is 2. The van der Waals surface area contributed by atoms with Crippen LogP contribution in [-0.2, 0) is 9.59 Å². The quantitative estimate of drug-likeness (QED) is 0.738. The van der Waals surface area contributed by atoms with Gasteiger partial charge in [0, 0.05) is 11.1 Å². The van der Waals surface area contributed by atoms with Crippen LogP contribution in [0.4, 0.5) is 4.39 Å². The van der Waals surface area contributed by atoms with Crippen LogP contribution in [0, 0.1) is 19.7 Å². The summed E-state index contributed by atoms with van der Waals surface area (Å²) in [5, 5.41) is 0.583. The lowest BCUT2D eigenvalue weighted by molar-refractivity contribution is -0.133. The van der Waals surface area contributed by atoms with E-state index < -0.39 is 23.7 Å². The fraction of sp³-hybridized carbons (Fsp3) is 0.263. The Labute approximate surface area is 161 Å². The first-order valence-electron chi connectivity index (χ1n) is 8.16. The fourth-order valence-corrected chi connectivity index (χ4v) is 2.62. The Morgan fingerprint density at radius 1 is 1.15 bits per heavy atom. The Bertz CT molecular complexity index is 821. The van der Waals surface area contributed by atoms with Crippen molar-refractivity contribution < 1.29 is 23.5 Å². The minimum Gasteiger partial charge on any atom is -0.484 e. The molecule has 2 aromatic rings. The van der Waals surface area contributed by atoms with Gasteiger partial charge in [0.15, 0.2) is 12.7 Å². The summed E-state index contributed by atoms with van der Waals surface area (Å²) in [6.45, 7) is 4.82. The van der Waals surface area contributed by atoms with Gasteiger partial charge in [-0.2, -0.15) is 0 Å². The molecule has 0 radical (unpaired) electrons. The van der Waals surface area contributed by atoms with Crippen LogP contribution in [0.5, 0.6) is 11.5 Å². The molecule has 2 rings (SSSR count). The Kier molecular flexibility index (Phi) is 7.01. The smallest absolute Gasteiger partial charge is 0.279 e. The Hall–Kier alpha value is -2.80. The van der Waals surface area contributed by atoms with Gasteiger partial charge in [-0.05, 0) is 56.2 Å². The van der Waals surface area contributed by atoms with E-state index in [2.05, 4.69) is 10.9 Å². The van der Waals surface area contributed by atoms with Gasteiger partial charge in [-0.15, -0.1) is 0 Å². The van der Waals surface area contributed by atoms with Gasteiger partial charge in [0.1, 0.15) is 17.3 Å². The second-order valence-corrected chi connectivity index (χ2v) is 6.35. The van der Waals surface area contributed by atoms with Crippen molar-refractivity contribution in [2.45, 2.75) is 26.9 Å². The lowest BCUT2D eigenvalue weighted by atomic mass is 10.1. The maximum Gasteiger partial charge on any atom is 0.279 e. The summed E-state index contributed by atoms with van der Waals surface area (Å²) in [5.74, 6) is -0.842. The molecule has 0 fully saturated rings. The van der Waals surface area contributed by atoms with E-state index in [-0.39, 0.29) is 12.4 Å². The van der Waals surface area contributed by atoms with Crippen LogP contribution in [0.3, 0.4) is 0 Å². The molecule has 0 spiro atoms. The molecule has 0 aromatic heterocycles. The highest BCUT2D eigenvalue weighted by Crippen LogP contribution is 2.27. The average molecular weight is 395 g/mol. The molecule has 0 heterocycles. The highest BCUT2D eigenvalue weighted by molar-refractivity contribution is 6.30. The largest absolute Gasteiger partial charge is 0.484 e. The van der Waals surface area contributed by atoms with Crippen LogP contribution >= 0.6 is 11.6 Å². The first kappa shape index (κ1) is 20.5. The highest BCUT2D eigenvalue weighted by Gasteiger charge is 2.18. The van der Waals surface area contributed by atoms with Gasteiger partial charge in [-0.3, -0.25) is 20.4 Å². The van der Waals surface area contributed by atoms with Gasteiger partial charge in [0.2, 0.25) is 0 Å². The number of carbonyl (C=O) groups excluding carboxylic acids is 2. The zero-order chi connectivity index (χ0) is 20.0. The average Bonchev–Trinajstić information content (AvgIpc) is 2.60. The molecule has 8 heteroatoms. The zero-order valence-corrected chi connectivity index (χ0v) is 15.9. The summed E-state index contributed by atoms with van der Waals surface area (Å²) in [6, 6.07) is 8.86. The van der Waals surface area contributed by atoms with E-state index in [4.69, 9.17) is 21.1 Å². The molecule has 0 aliphatic rings. The SMILES string of the molecule is Cc1cc(Cl)cc(C)c1O[C@@H](C)C(=O)NNC(=O)COc1cccc(F)c1. The molecule has 0 aliphatic heterocycles. The molecule has 0 bridgehead atoms. The number of hydrogen-bond donors (Lipinski definition) is 2. The van der Waals surface area contributed by atoms with Gasteiger partial charge in [0.05, 0.1) is 0 Å². The van der Waals surface area contributed by atoms with E-state index in [0.29, 0.717) is 10.8 Å². The van der Waals surface area contributed by atoms with Gasteiger partial charge in [-0.25, -0.2) is 4.39 Å². The highest BCUT2D eigenvalue weighted by atomic mass is 35.5. The summed E-state index contributed by atoms with van der Waals surface area (Å²) in [5.41, 5.74) is 6.07. The molecule has 2 amide bonds. The monoisotopic (exact) mass is 394 g/mol. The van der Waals surface area contributed by atoms with E-state index in [0.717, 1.165) is 17.2 Å². The summed E-state index contributed by atoms with van der Waals surface area (Å²) < 4.78 is 23.8. The standard InChI is InChI=1S/C19H20ClFN2O4/c1-11-7-14(20)8-12(2)18(11)27-13(3)19(25)23-22-17(24)10-26-16-6-4-5-15(21)9-16/h4-9,13H,10H2,1-3H3,(H,22,24)(H,23,25)/t13-/m0/s1. The number of ether oxygens (including phenoxy) is 2. The molecular weight excluding hydrogens is 375 g/mol. The molecule has 0 saturated carbocycles. The fourth-order valence-electron chi connectivity index (χ4n) is 2.29. The number of amides is 2. The van der Waals surface area contributed by atoms with Crippen molar-refractivity contribution in [3.8, 4) is 11.5 Å². The van der Waals surface area contributed by atoms with Crippen molar-refractivity contribution in [3.63, 3.8) is 0 Å². The van der Waals surface area contributed by atoms with Crippen molar-refractivity contribution in [2.75, 3.05) is 6.61 Å². The number of hydrazine groups is 1. The minimum absolute atomic E-state index is 0.210. The summed E-state index contributed by atoms with van der Waals surface area (Å²) in [7, 11) is 0. The van der Waals surface area contributed by atoms with Crippen LogP contribution in [0.25, 0.3) is 0 Å². The second-order valence-electron chi connectivity index (χ2n) is 5.91. The van der Waals surface area contributed by atoms with Gasteiger partial charge in [0.25, 0.3) is 11.8 Å². The summed E-state index contributed by atoms with van der Waals surface area (Å²) in [4.78, 5) is 23.8.